The second-order valence-electron chi connectivity index (χ2n) is 5.50. The summed E-state index contributed by atoms with van der Waals surface area (Å²) in [6.45, 7) is 1.82. The van der Waals surface area contributed by atoms with Crippen LogP contribution < -0.4 is 5.32 Å². The molecule has 2 aromatic rings. The number of hydrogen-bond acceptors (Lipinski definition) is 6. The lowest BCUT2D eigenvalue weighted by atomic mass is 9.95. The molecule has 2 aromatic heterocycles. The SMILES string of the molecule is Cc1noc2ncnc(NC3CCCCCC3C(=O)O)c12. The van der Waals surface area contributed by atoms with Crippen molar-refractivity contribution in [3.63, 3.8) is 0 Å². The number of nitrogens with zero attached hydrogens (tertiary/aromatic N) is 3. The standard InChI is InChI=1S/C14H18N4O3/c1-8-11-12(15-7-16-13(11)21-18-8)17-10-6-4-2-3-5-9(10)14(19)20/h7,9-10H,2-6H2,1H3,(H,19,20)(H,15,16,17). The highest BCUT2D eigenvalue weighted by Gasteiger charge is 2.30. The first kappa shape index (κ1) is 13.8. The summed E-state index contributed by atoms with van der Waals surface area (Å²) in [4.78, 5) is 19.8. The Morgan fingerprint density at radius 3 is 2.95 bits per heavy atom. The van der Waals surface area contributed by atoms with Gasteiger partial charge in [-0.2, -0.15) is 4.98 Å². The van der Waals surface area contributed by atoms with Gasteiger partial charge < -0.3 is 14.9 Å². The first-order valence-corrected chi connectivity index (χ1v) is 7.23. The average molecular weight is 290 g/mol. The lowest BCUT2D eigenvalue weighted by Crippen LogP contribution is -2.34. The van der Waals surface area contributed by atoms with Gasteiger partial charge in [0.1, 0.15) is 17.5 Å². The van der Waals surface area contributed by atoms with Crippen LogP contribution in [0.25, 0.3) is 11.1 Å². The lowest BCUT2D eigenvalue weighted by Gasteiger charge is -2.23. The molecule has 7 nitrogen and oxygen atoms in total. The molecule has 0 aliphatic heterocycles. The van der Waals surface area contributed by atoms with E-state index in [1.165, 1.54) is 6.33 Å². The number of aryl methyl sites for hydroxylation is 1. The van der Waals surface area contributed by atoms with Crippen molar-refractivity contribution in [2.24, 2.45) is 5.92 Å². The van der Waals surface area contributed by atoms with Gasteiger partial charge in [0.15, 0.2) is 0 Å². The van der Waals surface area contributed by atoms with Crippen LogP contribution in [0.1, 0.15) is 37.8 Å². The molecular formula is C14H18N4O3. The van der Waals surface area contributed by atoms with Crippen LogP contribution in [0, 0.1) is 12.8 Å². The number of fused-ring (bicyclic) bond motifs is 1. The van der Waals surface area contributed by atoms with Crippen molar-refractivity contribution in [2.45, 2.75) is 45.1 Å². The van der Waals surface area contributed by atoms with Crippen LogP contribution in [0.5, 0.6) is 0 Å². The number of aliphatic carboxylic acids is 1. The summed E-state index contributed by atoms with van der Waals surface area (Å²) in [6.07, 6.45) is 5.99. The normalized spacial score (nSPS) is 22.9. The van der Waals surface area contributed by atoms with Gasteiger partial charge in [0.05, 0.1) is 11.6 Å². The molecule has 1 saturated carbocycles. The Kier molecular flexibility index (Phi) is 3.72. The Morgan fingerprint density at radius 2 is 2.14 bits per heavy atom. The smallest absolute Gasteiger partial charge is 0.308 e. The van der Waals surface area contributed by atoms with Gasteiger partial charge in [-0.05, 0) is 19.8 Å². The van der Waals surface area contributed by atoms with Crippen molar-refractivity contribution < 1.29 is 14.4 Å². The fourth-order valence-electron chi connectivity index (χ4n) is 2.98. The van der Waals surface area contributed by atoms with Gasteiger partial charge in [0.2, 0.25) is 0 Å². The summed E-state index contributed by atoms with van der Waals surface area (Å²) in [6, 6.07) is -0.127. The van der Waals surface area contributed by atoms with Crippen molar-refractivity contribution in [2.75, 3.05) is 5.32 Å². The van der Waals surface area contributed by atoms with E-state index in [4.69, 9.17) is 4.52 Å². The van der Waals surface area contributed by atoms with E-state index >= 15 is 0 Å². The van der Waals surface area contributed by atoms with E-state index in [1.807, 2.05) is 6.92 Å². The molecule has 2 heterocycles. The van der Waals surface area contributed by atoms with E-state index in [2.05, 4.69) is 20.4 Å². The van der Waals surface area contributed by atoms with E-state index in [0.717, 1.165) is 31.1 Å². The summed E-state index contributed by atoms with van der Waals surface area (Å²) in [5, 5.41) is 17.3. The van der Waals surface area contributed by atoms with Gasteiger partial charge in [-0.3, -0.25) is 4.79 Å². The summed E-state index contributed by atoms with van der Waals surface area (Å²) in [5.41, 5.74) is 1.12. The van der Waals surface area contributed by atoms with Crippen molar-refractivity contribution >= 4 is 22.9 Å². The Balaban J connectivity index is 1.92. The maximum Gasteiger partial charge on any atom is 0.308 e. The molecule has 0 radical (unpaired) electrons. The average Bonchev–Trinajstić information content (AvgIpc) is 2.70. The van der Waals surface area contributed by atoms with Crippen LogP contribution in [0.2, 0.25) is 0 Å². The molecule has 2 N–H and O–H groups in total. The zero-order chi connectivity index (χ0) is 14.8. The van der Waals surface area contributed by atoms with E-state index in [9.17, 15) is 9.90 Å². The fourth-order valence-corrected chi connectivity index (χ4v) is 2.98. The Bertz CT molecular complexity index is 655. The number of carboxylic acids is 1. The monoisotopic (exact) mass is 290 g/mol. The van der Waals surface area contributed by atoms with Crippen LogP contribution >= 0.6 is 0 Å². The highest BCUT2D eigenvalue weighted by Crippen LogP contribution is 2.29. The minimum atomic E-state index is -0.748. The number of carbonyl (C=O) groups is 1. The number of nitrogens with one attached hydrogen (secondary N) is 1. The molecule has 0 spiro atoms. The topological polar surface area (TPSA) is 101 Å². The van der Waals surface area contributed by atoms with Crippen LogP contribution in [0.15, 0.2) is 10.9 Å². The number of aromatic nitrogens is 3. The third-order valence-corrected chi connectivity index (χ3v) is 4.10. The fraction of sp³-hybridized carbons (Fsp3) is 0.571. The van der Waals surface area contributed by atoms with Gasteiger partial charge >= 0.3 is 5.97 Å². The minimum Gasteiger partial charge on any atom is -0.481 e. The molecule has 0 amide bonds. The third-order valence-electron chi connectivity index (χ3n) is 4.10. The molecule has 112 valence electrons. The summed E-state index contributed by atoms with van der Waals surface area (Å²) < 4.78 is 5.12. The second-order valence-corrected chi connectivity index (χ2v) is 5.50. The molecule has 21 heavy (non-hydrogen) atoms. The highest BCUT2D eigenvalue weighted by molar-refractivity contribution is 5.87. The zero-order valence-electron chi connectivity index (χ0n) is 11.9. The molecule has 0 aromatic carbocycles. The van der Waals surface area contributed by atoms with Crippen LogP contribution in [0.3, 0.4) is 0 Å². The predicted octanol–water partition coefficient (Wildman–Crippen LogP) is 2.37. The van der Waals surface area contributed by atoms with Crippen molar-refractivity contribution in [1.29, 1.82) is 0 Å². The molecule has 2 unspecified atom stereocenters. The van der Waals surface area contributed by atoms with E-state index < -0.39 is 11.9 Å². The maximum absolute atomic E-state index is 11.5. The number of carboxylic acid groups (broad SMARTS) is 1. The van der Waals surface area contributed by atoms with Crippen molar-refractivity contribution in [3.05, 3.63) is 12.0 Å². The zero-order valence-corrected chi connectivity index (χ0v) is 11.9. The van der Waals surface area contributed by atoms with Crippen molar-refractivity contribution in [3.8, 4) is 0 Å². The summed E-state index contributed by atoms with van der Waals surface area (Å²) in [5.74, 6) is -0.531. The minimum absolute atomic E-state index is 0.127. The van der Waals surface area contributed by atoms with E-state index in [0.29, 0.717) is 23.6 Å². The van der Waals surface area contributed by atoms with Gasteiger partial charge in [0.25, 0.3) is 5.71 Å². The lowest BCUT2D eigenvalue weighted by molar-refractivity contribution is -0.142. The molecule has 7 heteroatoms. The van der Waals surface area contributed by atoms with Gasteiger partial charge in [0, 0.05) is 6.04 Å². The molecule has 1 aliphatic rings. The summed E-state index contributed by atoms with van der Waals surface area (Å²) >= 11 is 0. The van der Waals surface area contributed by atoms with Crippen molar-refractivity contribution in [1.82, 2.24) is 15.1 Å². The Morgan fingerprint density at radius 1 is 1.33 bits per heavy atom. The first-order chi connectivity index (χ1) is 10.2. The summed E-state index contributed by atoms with van der Waals surface area (Å²) in [7, 11) is 0. The number of hydrogen-bond donors (Lipinski definition) is 2. The van der Waals surface area contributed by atoms with Crippen LogP contribution in [0.4, 0.5) is 5.82 Å². The van der Waals surface area contributed by atoms with Crippen LogP contribution in [-0.2, 0) is 4.79 Å². The second kappa shape index (κ2) is 5.67. The first-order valence-electron chi connectivity index (χ1n) is 7.23. The largest absolute Gasteiger partial charge is 0.481 e. The quantitative estimate of drug-likeness (QED) is 0.837. The van der Waals surface area contributed by atoms with Gasteiger partial charge in [-0.1, -0.05) is 24.4 Å². The maximum atomic E-state index is 11.5. The van der Waals surface area contributed by atoms with Crippen LogP contribution in [-0.4, -0.2) is 32.2 Å². The molecule has 3 rings (SSSR count). The molecule has 0 bridgehead atoms. The van der Waals surface area contributed by atoms with Gasteiger partial charge in [-0.15, -0.1) is 0 Å². The van der Waals surface area contributed by atoms with E-state index in [-0.39, 0.29) is 6.04 Å². The number of anilines is 1. The number of rotatable bonds is 3. The molecule has 2 atom stereocenters. The predicted molar refractivity (Wildman–Crippen MR) is 76.0 cm³/mol. The van der Waals surface area contributed by atoms with Gasteiger partial charge in [-0.25, -0.2) is 4.98 Å². The Hall–Kier alpha value is -2.18. The molecule has 1 fully saturated rings. The molecule has 1 aliphatic carbocycles. The Labute approximate surface area is 121 Å². The molecular weight excluding hydrogens is 272 g/mol. The highest BCUT2D eigenvalue weighted by atomic mass is 16.5. The van der Waals surface area contributed by atoms with E-state index in [1.54, 1.807) is 0 Å². The molecule has 0 saturated heterocycles. The third kappa shape index (κ3) is 2.68.